The number of hydrogen-bond acceptors (Lipinski definition) is 2. The molecule has 2 atom stereocenters. The summed E-state index contributed by atoms with van der Waals surface area (Å²) >= 11 is 0. The van der Waals surface area contributed by atoms with E-state index in [-0.39, 0.29) is 17.2 Å². The maximum atomic E-state index is 12.2. The van der Waals surface area contributed by atoms with Crippen LogP contribution in [-0.2, 0) is 10.2 Å². The molecule has 25 heavy (non-hydrogen) atoms. The zero-order valence-electron chi connectivity index (χ0n) is 16.0. The van der Waals surface area contributed by atoms with Crippen LogP contribution in [0.5, 0.6) is 0 Å². The van der Waals surface area contributed by atoms with E-state index in [1.165, 1.54) is 24.8 Å². The highest BCUT2D eigenvalue weighted by Crippen LogP contribution is 2.24. The van der Waals surface area contributed by atoms with Crippen LogP contribution in [0.25, 0.3) is 0 Å². The van der Waals surface area contributed by atoms with Gasteiger partial charge in [0.2, 0.25) is 5.91 Å². The van der Waals surface area contributed by atoms with Gasteiger partial charge in [0.1, 0.15) is 0 Å². The van der Waals surface area contributed by atoms with Crippen molar-refractivity contribution < 1.29 is 9.59 Å². The summed E-state index contributed by atoms with van der Waals surface area (Å²) in [5.74, 6) is 0.454. The fourth-order valence-electron chi connectivity index (χ4n) is 3.32. The monoisotopic (exact) mass is 344 g/mol. The zero-order chi connectivity index (χ0) is 18.4. The SMILES string of the molecule is C[C@H]1CCCC[C@@H]1NC(=O)CCNC(=O)c1ccc(C(C)(C)C)cc1. The smallest absolute Gasteiger partial charge is 0.251 e. The van der Waals surface area contributed by atoms with Crippen LogP contribution in [0.4, 0.5) is 0 Å². The largest absolute Gasteiger partial charge is 0.353 e. The summed E-state index contributed by atoms with van der Waals surface area (Å²) in [4.78, 5) is 24.3. The van der Waals surface area contributed by atoms with Crippen LogP contribution in [0, 0.1) is 5.92 Å². The van der Waals surface area contributed by atoms with Crippen molar-refractivity contribution in [1.82, 2.24) is 10.6 Å². The van der Waals surface area contributed by atoms with Gasteiger partial charge < -0.3 is 10.6 Å². The van der Waals surface area contributed by atoms with E-state index in [2.05, 4.69) is 38.3 Å². The molecule has 0 saturated heterocycles. The van der Waals surface area contributed by atoms with Crippen LogP contribution in [0.1, 0.15) is 75.7 Å². The van der Waals surface area contributed by atoms with E-state index in [9.17, 15) is 9.59 Å². The molecule has 0 radical (unpaired) electrons. The summed E-state index contributed by atoms with van der Waals surface area (Å²) < 4.78 is 0. The Bertz CT molecular complexity index is 587. The summed E-state index contributed by atoms with van der Waals surface area (Å²) in [6, 6.07) is 7.97. The molecule has 0 bridgehead atoms. The maximum absolute atomic E-state index is 12.2. The molecule has 1 aromatic rings. The highest BCUT2D eigenvalue weighted by molar-refractivity contribution is 5.94. The molecular weight excluding hydrogens is 312 g/mol. The van der Waals surface area contributed by atoms with Crippen molar-refractivity contribution in [3.63, 3.8) is 0 Å². The van der Waals surface area contributed by atoms with E-state index in [1.54, 1.807) is 0 Å². The zero-order valence-corrected chi connectivity index (χ0v) is 16.0. The molecule has 4 heteroatoms. The molecule has 1 fully saturated rings. The molecule has 0 spiro atoms. The van der Waals surface area contributed by atoms with Crippen molar-refractivity contribution in [1.29, 1.82) is 0 Å². The first-order chi connectivity index (χ1) is 11.8. The molecule has 1 aliphatic carbocycles. The Morgan fingerprint density at radius 2 is 1.72 bits per heavy atom. The van der Waals surface area contributed by atoms with Gasteiger partial charge in [0.05, 0.1) is 0 Å². The van der Waals surface area contributed by atoms with Gasteiger partial charge in [-0.2, -0.15) is 0 Å². The van der Waals surface area contributed by atoms with Gasteiger partial charge in [0.15, 0.2) is 0 Å². The highest BCUT2D eigenvalue weighted by Gasteiger charge is 2.22. The van der Waals surface area contributed by atoms with Gasteiger partial charge in [-0.1, -0.05) is 52.7 Å². The first kappa shape index (κ1) is 19.5. The highest BCUT2D eigenvalue weighted by atomic mass is 16.2. The topological polar surface area (TPSA) is 58.2 Å². The second kappa shape index (κ2) is 8.50. The van der Waals surface area contributed by atoms with E-state index in [0.717, 1.165) is 6.42 Å². The van der Waals surface area contributed by atoms with Gasteiger partial charge in [-0.25, -0.2) is 0 Å². The predicted molar refractivity (Wildman–Crippen MR) is 102 cm³/mol. The molecule has 0 aliphatic heterocycles. The summed E-state index contributed by atoms with van der Waals surface area (Å²) in [5.41, 5.74) is 1.91. The van der Waals surface area contributed by atoms with Crippen molar-refractivity contribution in [2.24, 2.45) is 5.92 Å². The quantitative estimate of drug-likeness (QED) is 0.853. The minimum Gasteiger partial charge on any atom is -0.353 e. The second-order valence-electron chi connectivity index (χ2n) is 8.27. The molecule has 2 rings (SSSR count). The summed E-state index contributed by atoms with van der Waals surface area (Å²) in [6.45, 7) is 9.01. The van der Waals surface area contributed by atoms with Crippen LogP contribution >= 0.6 is 0 Å². The molecule has 1 aliphatic rings. The van der Waals surface area contributed by atoms with Gasteiger partial charge in [-0.3, -0.25) is 9.59 Å². The van der Waals surface area contributed by atoms with Crippen LogP contribution in [0.15, 0.2) is 24.3 Å². The van der Waals surface area contributed by atoms with E-state index < -0.39 is 0 Å². The lowest BCUT2D eigenvalue weighted by molar-refractivity contribution is -0.122. The van der Waals surface area contributed by atoms with Gasteiger partial charge in [0.25, 0.3) is 5.91 Å². The predicted octanol–water partition coefficient (Wildman–Crippen LogP) is 3.80. The molecule has 138 valence electrons. The fourth-order valence-corrected chi connectivity index (χ4v) is 3.32. The lowest BCUT2D eigenvalue weighted by Crippen LogP contribution is -2.42. The second-order valence-corrected chi connectivity index (χ2v) is 8.27. The Morgan fingerprint density at radius 3 is 2.32 bits per heavy atom. The third kappa shape index (κ3) is 5.87. The summed E-state index contributed by atoms with van der Waals surface area (Å²) in [5, 5.41) is 5.95. The van der Waals surface area contributed by atoms with Gasteiger partial charge in [-0.15, -0.1) is 0 Å². The minimum absolute atomic E-state index is 0.0298. The van der Waals surface area contributed by atoms with E-state index in [0.29, 0.717) is 30.5 Å². The Hall–Kier alpha value is -1.84. The van der Waals surface area contributed by atoms with Gasteiger partial charge in [0, 0.05) is 24.6 Å². The third-order valence-electron chi connectivity index (χ3n) is 5.11. The normalized spacial score (nSPS) is 20.8. The number of rotatable bonds is 5. The average Bonchev–Trinajstić information content (AvgIpc) is 2.56. The third-order valence-corrected chi connectivity index (χ3v) is 5.11. The van der Waals surface area contributed by atoms with Crippen LogP contribution in [0.2, 0.25) is 0 Å². The Kier molecular flexibility index (Phi) is 6.63. The number of benzene rings is 1. The van der Waals surface area contributed by atoms with E-state index in [4.69, 9.17) is 0 Å². The summed E-state index contributed by atoms with van der Waals surface area (Å²) in [6.07, 6.45) is 5.04. The van der Waals surface area contributed by atoms with Crippen molar-refractivity contribution in [3.8, 4) is 0 Å². The molecule has 0 unspecified atom stereocenters. The molecule has 1 saturated carbocycles. The van der Waals surface area contributed by atoms with Crippen LogP contribution < -0.4 is 10.6 Å². The van der Waals surface area contributed by atoms with Crippen molar-refractivity contribution in [3.05, 3.63) is 35.4 Å². The molecule has 4 nitrogen and oxygen atoms in total. The number of carbonyl (C=O) groups excluding carboxylic acids is 2. The lowest BCUT2D eigenvalue weighted by atomic mass is 9.86. The molecule has 2 N–H and O–H groups in total. The van der Waals surface area contributed by atoms with Gasteiger partial charge >= 0.3 is 0 Å². The molecule has 1 aromatic carbocycles. The summed E-state index contributed by atoms with van der Waals surface area (Å²) in [7, 11) is 0. The Balaban J connectivity index is 1.75. The first-order valence-corrected chi connectivity index (χ1v) is 9.45. The van der Waals surface area contributed by atoms with E-state index in [1.807, 2.05) is 24.3 Å². The molecular formula is C21H32N2O2. The number of amides is 2. The molecule has 0 heterocycles. The van der Waals surface area contributed by atoms with E-state index >= 15 is 0 Å². The lowest BCUT2D eigenvalue weighted by Gasteiger charge is -2.29. The van der Waals surface area contributed by atoms with Crippen molar-refractivity contribution in [2.75, 3.05) is 6.54 Å². The Morgan fingerprint density at radius 1 is 1.08 bits per heavy atom. The average molecular weight is 344 g/mol. The standard InChI is InChI=1S/C21H32N2O2/c1-15-7-5-6-8-18(15)23-19(24)13-14-22-20(25)16-9-11-17(12-10-16)21(2,3)4/h9-12,15,18H,5-8,13-14H2,1-4H3,(H,22,25)(H,23,24)/t15-,18-/m0/s1. The van der Waals surface area contributed by atoms with Crippen LogP contribution in [0.3, 0.4) is 0 Å². The minimum atomic E-state index is -0.126. The van der Waals surface area contributed by atoms with Crippen molar-refractivity contribution >= 4 is 11.8 Å². The molecule has 2 amide bonds. The number of carbonyl (C=O) groups is 2. The maximum Gasteiger partial charge on any atom is 0.251 e. The van der Waals surface area contributed by atoms with Crippen LogP contribution in [-0.4, -0.2) is 24.4 Å². The van der Waals surface area contributed by atoms with Gasteiger partial charge in [-0.05, 0) is 41.9 Å². The fraction of sp³-hybridized carbons (Fsp3) is 0.619. The first-order valence-electron chi connectivity index (χ1n) is 9.45. The van der Waals surface area contributed by atoms with Crippen molar-refractivity contribution in [2.45, 2.75) is 71.3 Å². The Labute approximate surface area is 151 Å². The number of hydrogen-bond donors (Lipinski definition) is 2. The molecule has 0 aromatic heterocycles. The number of nitrogens with one attached hydrogen (secondary N) is 2.